The van der Waals surface area contributed by atoms with E-state index in [4.69, 9.17) is 44.8 Å². The standard InChI is InChI=1S/C14H6Cl3N3O/c15-8-3-7(6-18)4-9(5-8)21-13-10(16)1-2-11-12(13)14(17)20-19-11/h1-5H,(H,19,20). The fourth-order valence-electron chi connectivity index (χ4n) is 1.92. The summed E-state index contributed by atoms with van der Waals surface area (Å²) in [7, 11) is 0. The summed E-state index contributed by atoms with van der Waals surface area (Å²) in [6, 6.07) is 10.1. The molecule has 2 aromatic carbocycles. The molecule has 0 amide bonds. The monoisotopic (exact) mass is 337 g/mol. The predicted molar refractivity (Wildman–Crippen MR) is 82.4 cm³/mol. The van der Waals surface area contributed by atoms with Gasteiger partial charge < -0.3 is 4.74 Å². The van der Waals surface area contributed by atoms with Gasteiger partial charge in [0.25, 0.3) is 0 Å². The minimum atomic E-state index is 0.255. The van der Waals surface area contributed by atoms with Crippen LogP contribution in [0.4, 0.5) is 0 Å². The zero-order valence-electron chi connectivity index (χ0n) is 10.3. The van der Waals surface area contributed by atoms with Crippen molar-refractivity contribution in [3.05, 3.63) is 51.1 Å². The lowest BCUT2D eigenvalue weighted by molar-refractivity contribution is 0.488. The van der Waals surface area contributed by atoms with Gasteiger partial charge in [0.2, 0.25) is 0 Å². The lowest BCUT2D eigenvalue weighted by atomic mass is 10.2. The maximum Gasteiger partial charge on any atom is 0.162 e. The van der Waals surface area contributed by atoms with Gasteiger partial charge in [0.1, 0.15) is 5.75 Å². The lowest BCUT2D eigenvalue weighted by Gasteiger charge is -2.09. The van der Waals surface area contributed by atoms with Gasteiger partial charge in [0, 0.05) is 5.02 Å². The van der Waals surface area contributed by atoms with Crippen molar-refractivity contribution in [1.82, 2.24) is 10.2 Å². The topological polar surface area (TPSA) is 61.7 Å². The Balaban J connectivity index is 2.14. The number of ether oxygens (including phenoxy) is 1. The molecule has 3 rings (SSSR count). The Morgan fingerprint density at radius 1 is 1.14 bits per heavy atom. The van der Waals surface area contributed by atoms with E-state index in [1.54, 1.807) is 30.3 Å². The highest BCUT2D eigenvalue weighted by Crippen LogP contribution is 2.39. The van der Waals surface area contributed by atoms with E-state index in [-0.39, 0.29) is 5.15 Å². The molecule has 0 bridgehead atoms. The van der Waals surface area contributed by atoms with Gasteiger partial charge in [-0.05, 0) is 30.3 Å². The zero-order chi connectivity index (χ0) is 15.0. The third-order valence-corrected chi connectivity index (χ3v) is 3.60. The average Bonchev–Trinajstić information content (AvgIpc) is 2.83. The molecule has 0 unspecified atom stereocenters. The molecule has 104 valence electrons. The van der Waals surface area contributed by atoms with Crippen molar-refractivity contribution in [3.63, 3.8) is 0 Å². The van der Waals surface area contributed by atoms with Crippen LogP contribution in [0.3, 0.4) is 0 Å². The Hall–Kier alpha value is -1.93. The van der Waals surface area contributed by atoms with E-state index in [0.29, 0.717) is 38.0 Å². The number of benzene rings is 2. The number of H-pyrrole nitrogens is 1. The van der Waals surface area contributed by atoms with E-state index in [0.717, 1.165) is 0 Å². The van der Waals surface area contributed by atoms with Gasteiger partial charge in [-0.1, -0.05) is 34.8 Å². The van der Waals surface area contributed by atoms with Crippen molar-refractivity contribution in [2.45, 2.75) is 0 Å². The van der Waals surface area contributed by atoms with Crippen molar-refractivity contribution < 1.29 is 4.74 Å². The summed E-state index contributed by atoms with van der Waals surface area (Å²) < 4.78 is 5.77. The fraction of sp³-hybridized carbons (Fsp3) is 0. The molecule has 0 aliphatic carbocycles. The van der Waals surface area contributed by atoms with Crippen LogP contribution in [0.5, 0.6) is 11.5 Å². The molecule has 3 aromatic rings. The summed E-state index contributed by atoms with van der Waals surface area (Å²) in [4.78, 5) is 0. The largest absolute Gasteiger partial charge is 0.455 e. The van der Waals surface area contributed by atoms with Crippen LogP contribution < -0.4 is 4.74 Å². The van der Waals surface area contributed by atoms with Crippen LogP contribution in [0.25, 0.3) is 10.9 Å². The first kappa shape index (κ1) is 14.0. The molecule has 0 fully saturated rings. The maximum absolute atomic E-state index is 8.96. The Labute approximate surface area is 134 Å². The Bertz CT molecular complexity index is 883. The van der Waals surface area contributed by atoms with Gasteiger partial charge in [-0.3, -0.25) is 5.10 Å². The second kappa shape index (κ2) is 5.45. The summed E-state index contributed by atoms with van der Waals surface area (Å²) in [5, 5.41) is 17.3. The van der Waals surface area contributed by atoms with E-state index in [1.807, 2.05) is 6.07 Å². The molecular formula is C14H6Cl3N3O. The third-order valence-electron chi connectivity index (χ3n) is 2.81. The van der Waals surface area contributed by atoms with Gasteiger partial charge in [0.15, 0.2) is 10.9 Å². The molecule has 0 atom stereocenters. The van der Waals surface area contributed by atoms with Crippen LogP contribution in [0.2, 0.25) is 15.2 Å². The van der Waals surface area contributed by atoms with Crippen molar-refractivity contribution in [1.29, 1.82) is 5.26 Å². The van der Waals surface area contributed by atoms with E-state index in [2.05, 4.69) is 10.2 Å². The lowest BCUT2D eigenvalue weighted by Crippen LogP contribution is -1.88. The minimum Gasteiger partial charge on any atom is -0.455 e. The molecule has 21 heavy (non-hydrogen) atoms. The number of nitriles is 1. The summed E-state index contributed by atoms with van der Waals surface area (Å²) >= 11 is 18.2. The van der Waals surface area contributed by atoms with E-state index >= 15 is 0 Å². The Morgan fingerprint density at radius 2 is 1.95 bits per heavy atom. The summed E-state index contributed by atoms with van der Waals surface area (Å²) in [5.41, 5.74) is 1.08. The van der Waals surface area contributed by atoms with Gasteiger partial charge in [-0.15, -0.1) is 0 Å². The first-order valence-electron chi connectivity index (χ1n) is 5.79. The van der Waals surface area contributed by atoms with Crippen molar-refractivity contribution in [2.24, 2.45) is 0 Å². The zero-order valence-corrected chi connectivity index (χ0v) is 12.6. The molecule has 0 aliphatic heterocycles. The smallest absolute Gasteiger partial charge is 0.162 e. The molecule has 0 spiro atoms. The molecule has 1 heterocycles. The highest BCUT2D eigenvalue weighted by Gasteiger charge is 2.15. The predicted octanol–water partition coefficient (Wildman–Crippen LogP) is 5.19. The molecule has 0 aliphatic rings. The van der Waals surface area contributed by atoms with Crippen LogP contribution in [0.15, 0.2) is 30.3 Å². The third kappa shape index (κ3) is 2.64. The summed E-state index contributed by atoms with van der Waals surface area (Å²) in [6.45, 7) is 0. The summed E-state index contributed by atoms with van der Waals surface area (Å²) in [6.07, 6.45) is 0. The number of rotatable bonds is 2. The van der Waals surface area contributed by atoms with Crippen molar-refractivity contribution in [3.8, 4) is 17.6 Å². The van der Waals surface area contributed by atoms with Crippen LogP contribution in [-0.2, 0) is 0 Å². The van der Waals surface area contributed by atoms with Gasteiger partial charge in [-0.2, -0.15) is 10.4 Å². The van der Waals surface area contributed by atoms with Crippen LogP contribution in [0.1, 0.15) is 5.56 Å². The Morgan fingerprint density at radius 3 is 2.71 bits per heavy atom. The number of halogens is 3. The summed E-state index contributed by atoms with van der Waals surface area (Å²) in [5.74, 6) is 0.754. The molecule has 0 saturated heterocycles. The van der Waals surface area contributed by atoms with E-state index < -0.39 is 0 Å². The highest BCUT2D eigenvalue weighted by atomic mass is 35.5. The first-order valence-corrected chi connectivity index (χ1v) is 6.92. The fourth-order valence-corrected chi connectivity index (χ4v) is 2.58. The number of hydrogen-bond donors (Lipinski definition) is 1. The SMILES string of the molecule is N#Cc1cc(Cl)cc(Oc2c(Cl)ccc3[nH]nc(Cl)c23)c1. The average molecular weight is 339 g/mol. The van der Waals surface area contributed by atoms with Crippen LogP contribution in [0, 0.1) is 11.3 Å². The van der Waals surface area contributed by atoms with Gasteiger partial charge in [-0.25, -0.2) is 0 Å². The van der Waals surface area contributed by atoms with E-state index in [9.17, 15) is 0 Å². The van der Waals surface area contributed by atoms with Crippen LogP contribution >= 0.6 is 34.8 Å². The molecule has 1 N–H and O–H groups in total. The van der Waals surface area contributed by atoms with Gasteiger partial charge >= 0.3 is 0 Å². The number of nitrogens with one attached hydrogen (secondary N) is 1. The minimum absolute atomic E-state index is 0.255. The molecule has 4 nitrogen and oxygen atoms in total. The normalized spacial score (nSPS) is 10.6. The van der Waals surface area contributed by atoms with Crippen LogP contribution in [-0.4, -0.2) is 10.2 Å². The first-order chi connectivity index (χ1) is 10.1. The van der Waals surface area contributed by atoms with Gasteiger partial charge in [0.05, 0.1) is 27.6 Å². The molecule has 0 saturated carbocycles. The molecule has 7 heteroatoms. The molecule has 1 aromatic heterocycles. The highest BCUT2D eigenvalue weighted by molar-refractivity contribution is 6.37. The second-order valence-electron chi connectivity index (χ2n) is 4.20. The Kier molecular flexibility index (Phi) is 3.64. The second-order valence-corrected chi connectivity index (χ2v) is 5.40. The number of aromatic amines is 1. The number of hydrogen-bond acceptors (Lipinski definition) is 3. The molecule has 0 radical (unpaired) electrons. The molecular weight excluding hydrogens is 333 g/mol. The van der Waals surface area contributed by atoms with Crippen molar-refractivity contribution >= 4 is 45.7 Å². The number of aromatic nitrogens is 2. The maximum atomic E-state index is 8.96. The van der Waals surface area contributed by atoms with E-state index in [1.165, 1.54) is 0 Å². The van der Waals surface area contributed by atoms with Crippen molar-refractivity contribution in [2.75, 3.05) is 0 Å². The number of fused-ring (bicyclic) bond motifs is 1. The number of nitrogens with zero attached hydrogens (tertiary/aromatic N) is 2. The quantitative estimate of drug-likeness (QED) is 0.699.